The molecule has 7 heteroatoms. The molecule has 1 N–H and O–H groups in total. The topological polar surface area (TPSA) is 75.7 Å². The van der Waals surface area contributed by atoms with Gasteiger partial charge in [-0.2, -0.15) is 0 Å². The molecule has 0 atom stereocenters. The standard InChI is InChI=1S/C18H20N2O4S/c1-12-10-14(24-3)5-7-16(12)19-25(22,23)15-6-8-17-13(11-15)4-9-18(21)20(17)2/h5-8,10-11,19H,4,9H2,1-3H3. The minimum absolute atomic E-state index is 0.0371. The van der Waals surface area contributed by atoms with E-state index in [1.807, 2.05) is 6.92 Å². The van der Waals surface area contributed by atoms with Crippen molar-refractivity contribution in [1.82, 2.24) is 0 Å². The van der Waals surface area contributed by atoms with Gasteiger partial charge in [-0.1, -0.05) is 0 Å². The van der Waals surface area contributed by atoms with E-state index in [1.54, 1.807) is 49.4 Å². The first kappa shape index (κ1) is 17.3. The summed E-state index contributed by atoms with van der Waals surface area (Å²) >= 11 is 0. The molecule has 3 rings (SSSR count). The molecule has 0 bridgehead atoms. The molecule has 0 unspecified atom stereocenters. The van der Waals surface area contributed by atoms with E-state index >= 15 is 0 Å². The number of hydrogen-bond acceptors (Lipinski definition) is 4. The number of methoxy groups -OCH3 is 1. The number of ether oxygens (including phenoxy) is 1. The van der Waals surface area contributed by atoms with Crippen molar-refractivity contribution < 1.29 is 17.9 Å². The number of sulfonamides is 1. The first-order valence-electron chi connectivity index (χ1n) is 7.89. The molecule has 0 saturated heterocycles. The second kappa shape index (κ2) is 6.40. The number of carbonyl (C=O) groups excluding carboxylic acids is 1. The molecule has 0 saturated carbocycles. The van der Waals surface area contributed by atoms with E-state index in [0.29, 0.717) is 24.3 Å². The lowest BCUT2D eigenvalue weighted by molar-refractivity contribution is -0.118. The van der Waals surface area contributed by atoms with Crippen molar-refractivity contribution >= 4 is 27.3 Å². The molecule has 0 aromatic heterocycles. The first-order valence-corrected chi connectivity index (χ1v) is 9.37. The Bertz CT molecular complexity index is 938. The van der Waals surface area contributed by atoms with Gasteiger partial charge in [-0.25, -0.2) is 8.42 Å². The Balaban J connectivity index is 1.92. The van der Waals surface area contributed by atoms with Crippen LogP contribution >= 0.6 is 0 Å². The fourth-order valence-corrected chi connectivity index (χ4v) is 4.06. The summed E-state index contributed by atoms with van der Waals surface area (Å²) in [6.07, 6.45) is 0.932. The highest BCUT2D eigenvalue weighted by Crippen LogP contribution is 2.30. The zero-order valence-electron chi connectivity index (χ0n) is 14.4. The average Bonchev–Trinajstić information content (AvgIpc) is 2.59. The predicted molar refractivity (Wildman–Crippen MR) is 96.7 cm³/mol. The summed E-state index contributed by atoms with van der Waals surface area (Å²) in [6, 6.07) is 10.00. The SMILES string of the molecule is COc1ccc(NS(=O)(=O)c2ccc3c(c2)CCC(=O)N3C)c(C)c1. The number of rotatable bonds is 4. The molecule has 132 valence electrons. The van der Waals surface area contributed by atoms with E-state index in [2.05, 4.69) is 4.72 Å². The van der Waals surface area contributed by atoms with Crippen LogP contribution < -0.4 is 14.4 Å². The van der Waals surface area contributed by atoms with Crippen LogP contribution in [0.5, 0.6) is 5.75 Å². The summed E-state index contributed by atoms with van der Waals surface area (Å²) in [5.41, 5.74) is 2.89. The van der Waals surface area contributed by atoms with Crippen LogP contribution in [0, 0.1) is 6.92 Å². The molecule has 1 aliphatic rings. The summed E-state index contributed by atoms with van der Waals surface area (Å²) in [4.78, 5) is 13.5. The monoisotopic (exact) mass is 360 g/mol. The summed E-state index contributed by atoms with van der Waals surface area (Å²) in [6.45, 7) is 1.81. The molecule has 0 fully saturated rings. The number of anilines is 2. The van der Waals surface area contributed by atoms with Gasteiger partial charge in [0, 0.05) is 19.2 Å². The van der Waals surface area contributed by atoms with Crippen molar-refractivity contribution in [1.29, 1.82) is 0 Å². The largest absolute Gasteiger partial charge is 0.497 e. The Morgan fingerprint density at radius 2 is 1.88 bits per heavy atom. The van der Waals surface area contributed by atoms with Crippen molar-refractivity contribution in [2.45, 2.75) is 24.7 Å². The summed E-state index contributed by atoms with van der Waals surface area (Å²) in [7, 11) is -0.449. The van der Waals surface area contributed by atoms with Crippen LogP contribution in [-0.2, 0) is 21.2 Å². The van der Waals surface area contributed by atoms with Gasteiger partial charge in [0.2, 0.25) is 5.91 Å². The number of fused-ring (bicyclic) bond motifs is 1. The van der Waals surface area contributed by atoms with Gasteiger partial charge in [0.25, 0.3) is 10.0 Å². The Hall–Kier alpha value is -2.54. The van der Waals surface area contributed by atoms with E-state index in [9.17, 15) is 13.2 Å². The summed E-state index contributed by atoms with van der Waals surface area (Å²) in [5, 5.41) is 0. The Labute approximate surface area is 147 Å². The average molecular weight is 360 g/mol. The maximum Gasteiger partial charge on any atom is 0.261 e. The number of carbonyl (C=O) groups is 1. The van der Waals surface area contributed by atoms with Crippen molar-refractivity contribution in [2.24, 2.45) is 0 Å². The van der Waals surface area contributed by atoms with Crippen molar-refractivity contribution in [3.05, 3.63) is 47.5 Å². The Kier molecular flexibility index (Phi) is 4.43. The fraction of sp³-hybridized carbons (Fsp3) is 0.278. The van der Waals surface area contributed by atoms with Gasteiger partial charge >= 0.3 is 0 Å². The van der Waals surface area contributed by atoms with Gasteiger partial charge in [-0.15, -0.1) is 0 Å². The van der Waals surface area contributed by atoms with E-state index in [4.69, 9.17) is 4.74 Å². The molecule has 6 nitrogen and oxygen atoms in total. The third-order valence-electron chi connectivity index (χ3n) is 4.38. The predicted octanol–water partition coefficient (Wildman–Crippen LogP) is 2.71. The highest BCUT2D eigenvalue weighted by atomic mass is 32.2. The first-order chi connectivity index (χ1) is 11.8. The number of nitrogens with zero attached hydrogens (tertiary/aromatic N) is 1. The maximum absolute atomic E-state index is 12.7. The zero-order chi connectivity index (χ0) is 18.2. The summed E-state index contributed by atoms with van der Waals surface area (Å²) in [5.74, 6) is 0.706. The fourth-order valence-electron chi connectivity index (χ4n) is 2.88. The highest BCUT2D eigenvalue weighted by molar-refractivity contribution is 7.92. The van der Waals surface area contributed by atoms with Crippen molar-refractivity contribution in [2.75, 3.05) is 23.8 Å². The molecule has 0 radical (unpaired) electrons. The lowest BCUT2D eigenvalue weighted by Crippen LogP contribution is -2.31. The molecular formula is C18H20N2O4S. The van der Waals surface area contributed by atoms with Crippen LogP contribution in [0.25, 0.3) is 0 Å². The van der Waals surface area contributed by atoms with Gasteiger partial charge < -0.3 is 9.64 Å². The second-order valence-electron chi connectivity index (χ2n) is 6.03. The Morgan fingerprint density at radius 3 is 2.56 bits per heavy atom. The Morgan fingerprint density at radius 1 is 1.12 bits per heavy atom. The van der Waals surface area contributed by atoms with Gasteiger partial charge in [-0.3, -0.25) is 9.52 Å². The molecular weight excluding hydrogens is 340 g/mol. The lowest BCUT2D eigenvalue weighted by atomic mass is 10.0. The molecule has 1 heterocycles. The van der Waals surface area contributed by atoms with E-state index in [0.717, 1.165) is 16.8 Å². The minimum atomic E-state index is -3.71. The van der Waals surface area contributed by atoms with Gasteiger partial charge in [0.15, 0.2) is 0 Å². The van der Waals surface area contributed by atoms with Crippen LogP contribution in [0.15, 0.2) is 41.3 Å². The zero-order valence-corrected chi connectivity index (χ0v) is 15.2. The molecule has 25 heavy (non-hydrogen) atoms. The number of aryl methyl sites for hydroxylation is 2. The third kappa shape index (κ3) is 3.32. The highest BCUT2D eigenvalue weighted by Gasteiger charge is 2.24. The van der Waals surface area contributed by atoms with E-state index in [1.165, 1.54) is 6.07 Å². The van der Waals surface area contributed by atoms with E-state index < -0.39 is 10.0 Å². The second-order valence-corrected chi connectivity index (χ2v) is 7.71. The van der Waals surface area contributed by atoms with Crippen LogP contribution in [0.4, 0.5) is 11.4 Å². The van der Waals surface area contributed by atoms with Crippen LogP contribution in [0.1, 0.15) is 17.5 Å². The van der Waals surface area contributed by atoms with Gasteiger partial charge in [0.1, 0.15) is 5.75 Å². The molecule has 0 aliphatic carbocycles. The smallest absolute Gasteiger partial charge is 0.261 e. The van der Waals surface area contributed by atoms with Crippen LogP contribution in [0.3, 0.4) is 0 Å². The van der Waals surface area contributed by atoms with Gasteiger partial charge in [-0.05, 0) is 60.9 Å². The van der Waals surface area contributed by atoms with Crippen molar-refractivity contribution in [3.8, 4) is 5.75 Å². The number of hydrogen-bond donors (Lipinski definition) is 1. The van der Waals surface area contributed by atoms with Gasteiger partial charge in [0.05, 0.1) is 17.7 Å². The molecule has 2 aromatic rings. The number of amides is 1. The minimum Gasteiger partial charge on any atom is -0.497 e. The van der Waals surface area contributed by atoms with E-state index in [-0.39, 0.29) is 10.8 Å². The number of nitrogens with one attached hydrogen (secondary N) is 1. The maximum atomic E-state index is 12.7. The molecule has 2 aromatic carbocycles. The summed E-state index contributed by atoms with van der Waals surface area (Å²) < 4.78 is 33.2. The van der Waals surface area contributed by atoms with Crippen LogP contribution in [0.2, 0.25) is 0 Å². The van der Waals surface area contributed by atoms with Crippen LogP contribution in [-0.4, -0.2) is 28.5 Å². The quantitative estimate of drug-likeness (QED) is 0.910. The lowest BCUT2D eigenvalue weighted by Gasteiger charge is -2.26. The molecule has 1 amide bonds. The molecule has 0 spiro atoms. The number of benzene rings is 2. The van der Waals surface area contributed by atoms with Crippen molar-refractivity contribution in [3.63, 3.8) is 0 Å². The third-order valence-corrected chi connectivity index (χ3v) is 5.75. The molecule has 1 aliphatic heterocycles. The normalized spacial score (nSPS) is 14.2.